The zero-order chi connectivity index (χ0) is 27.8. The van der Waals surface area contributed by atoms with Crippen molar-refractivity contribution < 1.29 is 26.3 Å². The molecule has 0 spiro atoms. The lowest BCUT2D eigenvalue weighted by molar-refractivity contribution is -0.137. The molecule has 12 heteroatoms. The molecule has 0 bridgehead atoms. The monoisotopic (exact) mass is 557 g/mol. The van der Waals surface area contributed by atoms with E-state index in [9.17, 15) is 21.6 Å². The number of pyridine rings is 1. The lowest BCUT2D eigenvalue weighted by Gasteiger charge is -2.19. The third-order valence-electron chi connectivity index (χ3n) is 6.55. The van der Waals surface area contributed by atoms with Gasteiger partial charge in [-0.25, -0.2) is 18.4 Å². The molecule has 4 aromatic rings. The van der Waals surface area contributed by atoms with Gasteiger partial charge in [0.1, 0.15) is 17.4 Å². The molecule has 3 heterocycles. The fourth-order valence-corrected chi connectivity index (χ4v) is 5.60. The number of nitrogens with one attached hydrogen (secondary N) is 1. The highest BCUT2D eigenvalue weighted by atomic mass is 32.2. The van der Waals surface area contributed by atoms with Crippen molar-refractivity contribution in [2.24, 2.45) is 0 Å². The van der Waals surface area contributed by atoms with Crippen LogP contribution in [0.25, 0.3) is 11.3 Å². The Hall–Kier alpha value is -3.90. The van der Waals surface area contributed by atoms with Crippen LogP contribution < -0.4 is 10.1 Å². The lowest BCUT2D eigenvalue weighted by atomic mass is 10.1. The van der Waals surface area contributed by atoms with Gasteiger partial charge in [0.05, 0.1) is 23.3 Å². The normalized spacial score (nSPS) is 13.5. The van der Waals surface area contributed by atoms with Crippen molar-refractivity contribution in [3.05, 3.63) is 83.9 Å². The highest BCUT2D eigenvalue weighted by Gasteiger charge is 2.31. The number of alkyl halides is 3. The van der Waals surface area contributed by atoms with E-state index >= 15 is 0 Å². The second-order valence-corrected chi connectivity index (χ2v) is 11.3. The molecule has 5 rings (SSSR count). The maximum Gasteiger partial charge on any atom is 0.417 e. The summed E-state index contributed by atoms with van der Waals surface area (Å²) < 4.78 is 74.4. The topological polar surface area (TPSA) is 89.4 Å². The number of nitrogens with zero attached hydrogens (tertiary/aromatic N) is 4. The van der Waals surface area contributed by atoms with E-state index in [4.69, 9.17) is 9.72 Å². The predicted molar refractivity (Wildman–Crippen MR) is 140 cm³/mol. The Labute approximate surface area is 224 Å². The van der Waals surface area contributed by atoms with Crippen molar-refractivity contribution in [3.8, 4) is 17.0 Å². The van der Waals surface area contributed by atoms with E-state index in [2.05, 4.69) is 10.3 Å². The maximum atomic E-state index is 13.5. The van der Waals surface area contributed by atoms with Crippen molar-refractivity contribution in [2.75, 3.05) is 19.5 Å². The summed E-state index contributed by atoms with van der Waals surface area (Å²) in [6.07, 6.45) is -0.0955. The van der Waals surface area contributed by atoms with Crippen LogP contribution in [0.5, 0.6) is 5.75 Å². The summed E-state index contributed by atoms with van der Waals surface area (Å²) in [6, 6.07) is 13.9. The molecule has 0 saturated carbocycles. The number of ether oxygens (including phenoxy) is 1. The molecule has 2 aromatic heterocycles. The van der Waals surface area contributed by atoms with E-state index in [0.29, 0.717) is 22.7 Å². The Kier molecular flexibility index (Phi) is 7.08. The Morgan fingerprint density at radius 3 is 2.51 bits per heavy atom. The van der Waals surface area contributed by atoms with Gasteiger partial charge in [0, 0.05) is 50.2 Å². The fourth-order valence-electron chi connectivity index (χ4n) is 4.42. The van der Waals surface area contributed by atoms with Gasteiger partial charge in [0.25, 0.3) is 0 Å². The molecule has 39 heavy (non-hydrogen) atoms. The Balaban J connectivity index is 1.48. The number of aryl methyl sites for hydroxylation is 2. The first-order valence-electron chi connectivity index (χ1n) is 12.1. The summed E-state index contributed by atoms with van der Waals surface area (Å²) in [5.41, 5.74) is 1.46. The van der Waals surface area contributed by atoms with Crippen LogP contribution in [0, 0.1) is 0 Å². The van der Waals surface area contributed by atoms with Crippen molar-refractivity contribution in [2.45, 2.75) is 37.0 Å². The van der Waals surface area contributed by atoms with Gasteiger partial charge in [-0.1, -0.05) is 12.1 Å². The average molecular weight is 558 g/mol. The van der Waals surface area contributed by atoms with Gasteiger partial charge in [0.2, 0.25) is 10.0 Å². The SMILES string of the molecule is COc1ccc(CN(C)S(=O)(=O)c2ccc(Nc3ccc(C(F)(F)F)cn3)c(-c3cn4c(n3)CCC4)c2)cc1. The summed E-state index contributed by atoms with van der Waals surface area (Å²) >= 11 is 0. The van der Waals surface area contributed by atoms with Crippen molar-refractivity contribution in [1.82, 2.24) is 18.8 Å². The molecule has 0 amide bonds. The summed E-state index contributed by atoms with van der Waals surface area (Å²) in [6.45, 7) is 0.962. The molecule has 0 radical (unpaired) electrons. The van der Waals surface area contributed by atoms with Gasteiger partial charge < -0.3 is 14.6 Å². The number of hydrogen-bond acceptors (Lipinski definition) is 6. The lowest BCUT2D eigenvalue weighted by Crippen LogP contribution is -2.26. The van der Waals surface area contributed by atoms with E-state index in [1.54, 1.807) is 37.4 Å². The van der Waals surface area contributed by atoms with Crippen LogP contribution in [0.3, 0.4) is 0 Å². The van der Waals surface area contributed by atoms with Crippen molar-refractivity contribution in [1.29, 1.82) is 0 Å². The van der Waals surface area contributed by atoms with Crippen LogP contribution in [0.4, 0.5) is 24.7 Å². The van der Waals surface area contributed by atoms with Gasteiger partial charge in [0.15, 0.2) is 0 Å². The van der Waals surface area contributed by atoms with Gasteiger partial charge in [-0.2, -0.15) is 17.5 Å². The van der Waals surface area contributed by atoms with Gasteiger partial charge in [-0.15, -0.1) is 0 Å². The number of imidazole rings is 1. The minimum atomic E-state index is -4.50. The molecule has 8 nitrogen and oxygen atoms in total. The number of anilines is 2. The van der Waals surface area contributed by atoms with E-state index < -0.39 is 21.8 Å². The van der Waals surface area contributed by atoms with E-state index in [-0.39, 0.29) is 17.3 Å². The molecule has 0 saturated heterocycles. The highest BCUT2D eigenvalue weighted by Crippen LogP contribution is 2.35. The van der Waals surface area contributed by atoms with Crippen LogP contribution in [0.2, 0.25) is 0 Å². The third-order valence-corrected chi connectivity index (χ3v) is 8.35. The average Bonchev–Trinajstić information content (AvgIpc) is 3.52. The first-order chi connectivity index (χ1) is 18.5. The number of aromatic nitrogens is 3. The van der Waals surface area contributed by atoms with E-state index in [0.717, 1.165) is 43.0 Å². The molecule has 204 valence electrons. The van der Waals surface area contributed by atoms with Gasteiger partial charge in [-0.3, -0.25) is 0 Å². The molecular weight excluding hydrogens is 531 g/mol. The molecule has 1 aliphatic heterocycles. The summed E-state index contributed by atoms with van der Waals surface area (Å²) in [5.74, 6) is 1.75. The Morgan fingerprint density at radius 1 is 1.10 bits per heavy atom. The third kappa shape index (κ3) is 5.62. The predicted octanol–water partition coefficient (Wildman–Crippen LogP) is 5.48. The van der Waals surface area contributed by atoms with Crippen LogP contribution in [0.1, 0.15) is 23.4 Å². The molecule has 2 aromatic carbocycles. The minimum absolute atomic E-state index is 0.0626. The highest BCUT2D eigenvalue weighted by molar-refractivity contribution is 7.89. The number of fused-ring (bicyclic) bond motifs is 1. The number of sulfonamides is 1. The molecule has 0 atom stereocenters. The van der Waals surface area contributed by atoms with E-state index in [1.165, 1.54) is 29.6 Å². The molecule has 0 fully saturated rings. The first kappa shape index (κ1) is 26.7. The number of halogens is 3. The van der Waals surface area contributed by atoms with Crippen molar-refractivity contribution in [3.63, 3.8) is 0 Å². The summed E-state index contributed by atoms with van der Waals surface area (Å²) in [7, 11) is -0.828. The second kappa shape index (κ2) is 10.3. The zero-order valence-corrected chi connectivity index (χ0v) is 22.1. The molecule has 0 aliphatic carbocycles. The fraction of sp³-hybridized carbons (Fsp3) is 0.259. The minimum Gasteiger partial charge on any atom is -0.497 e. The van der Waals surface area contributed by atoms with Crippen LogP contribution in [-0.4, -0.2) is 41.4 Å². The summed E-state index contributed by atoms with van der Waals surface area (Å²) in [4.78, 5) is 8.65. The summed E-state index contributed by atoms with van der Waals surface area (Å²) in [5, 5.41) is 3.02. The number of hydrogen-bond donors (Lipinski definition) is 1. The number of rotatable bonds is 8. The Bertz CT molecular complexity index is 1560. The van der Waals surface area contributed by atoms with Crippen molar-refractivity contribution >= 4 is 21.5 Å². The molecule has 0 unspecified atom stereocenters. The number of benzene rings is 2. The van der Waals surface area contributed by atoms with Gasteiger partial charge >= 0.3 is 6.18 Å². The number of methoxy groups -OCH3 is 1. The van der Waals surface area contributed by atoms with E-state index in [1.807, 2.05) is 10.8 Å². The largest absolute Gasteiger partial charge is 0.497 e. The molecule has 1 aliphatic rings. The second-order valence-electron chi connectivity index (χ2n) is 9.21. The quantitative estimate of drug-likeness (QED) is 0.309. The standard InChI is InChI=1S/C27H26F3N5O3S/c1-34(16-18-5-8-20(38-2)9-6-18)39(36,37)21-10-11-23(32-25-12-7-19(15-31-25)27(28,29)30)22(14-21)24-17-35-13-3-4-26(35)33-24/h5-12,14-15,17H,3-4,13,16H2,1-2H3,(H,31,32). The van der Waals surface area contributed by atoms with Crippen LogP contribution >= 0.6 is 0 Å². The zero-order valence-electron chi connectivity index (χ0n) is 21.2. The molecular formula is C27H26F3N5O3S. The van der Waals surface area contributed by atoms with Crippen LogP contribution in [-0.2, 0) is 35.7 Å². The Morgan fingerprint density at radius 2 is 1.87 bits per heavy atom. The van der Waals surface area contributed by atoms with Gasteiger partial charge in [-0.05, 0) is 54.4 Å². The maximum absolute atomic E-state index is 13.5. The first-order valence-corrected chi connectivity index (χ1v) is 13.6. The van der Waals surface area contributed by atoms with Crippen LogP contribution in [0.15, 0.2) is 71.9 Å². The smallest absolute Gasteiger partial charge is 0.417 e. The molecule has 1 N–H and O–H groups in total.